The van der Waals surface area contributed by atoms with Crippen LogP contribution in [0, 0.1) is 56.7 Å². The molecule has 5 saturated carbocycles. The molecule has 5 aliphatic carbocycles. The summed E-state index contributed by atoms with van der Waals surface area (Å²) in [7, 11) is 0. The molecule has 6 rings (SSSR count). The lowest BCUT2D eigenvalue weighted by Gasteiger charge is -2.72. The van der Waals surface area contributed by atoms with Crippen molar-refractivity contribution in [1.29, 1.82) is 0 Å². The summed E-state index contributed by atoms with van der Waals surface area (Å²) in [4.78, 5) is 26.5. The van der Waals surface area contributed by atoms with Gasteiger partial charge in [0, 0.05) is 18.9 Å². The Kier molecular flexibility index (Phi) is 8.67. The highest BCUT2D eigenvalue weighted by Gasteiger charge is 2.72. The molecule has 1 N–H and O–H groups in total. The van der Waals surface area contributed by atoms with Gasteiger partial charge < -0.3 is 14.8 Å². The first-order valence-corrected chi connectivity index (χ1v) is 18.2. The molecule has 0 saturated heterocycles. The third-order valence-corrected chi connectivity index (χ3v) is 15.4. The Morgan fingerprint density at radius 3 is 2.29 bits per heavy atom. The summed E-state index contributed by atoms with van der Waals surface area (Å²) >= 11 is 0. The molecule has 8 heteroatoms. The van der Waals surface area contributed by atoms with Crippen molar-refractivity contribution in [1.82, 2.24) is 5.32 Å². The molecule has 10 atom stereocenters. The molecule has 5 aliphatic rings. The summed E-state index contributed by atoms with van der Waals surface area (Å²) in [6.07, 6.45) is 5.22. The van der Waals surface area contributed by atoms with E-state index in [1.54, 1.807) is 6.07 Å². The number of halogens is 3. The van der Waals surface area contributed by atoms with Crippen molar-refractivity contribution >= 4 is 11.9 Å². The first-order chi connectivity index (χ1) is 22.3. The molecule has 5 nitrogen and oxygen atoms in total. The third kappa shape index (κ3) is 5.41. The highest BCUT2D eigenvalue weighted by atomic mass is 19.4. The largest absolute Gasteiger partial charge is 0.573 e. The summed E-state index contributed by atoms with van der Waals surface area (Å²) in [5, 5.41) is 3.18. The van der Waals surface area contributed by atoms with Crippen LogP contribution < -0.4 is 10.1 Å². The summed E-state index contributed by atoms with van der Waals surface area (Å²) in [5.41, 5.74) is 1.48. The first kappa shape index (κ1) is 35.3. The van der Waals surface area contributed by atoms with Crippen LogP contribution in [-0.2, 0) is 20.9 Å². The number of alkyl halides is 3. The van der Waals surface area contributed by atoms with E-state index in [2.05, 4.69) is 58.2 Å². The molecule has 4 unspecified atom stereocenters. The van der Waals surface area contributed by atoms with E-state index in [4.69, 9.17) is 4.74 Å². The Morgan fingerprint density at radius 1 is 0.896 bits per heavy atom. The second-order valence-electron chi connectivity index (χ2n) is 17.7. The predicted octanol–water partition coefficient (Wildman–Crippen LogP) is 9.79. The van der Waals surface area contributed by atoms with E-state index in [0.29, 0.717) is 23.3 Å². The lowest BCUT2D eigenvalue weighted by Crippen LogP contribution is -2.67. The standard InChI is InChI=1S/C40H56F3NO4/c1-24(2)28-14-19-39(34(46)44-23-26-10-9-11-27(22-26)48-40(41,42)43)21-20-37(7)29(33(28)39)12-13-31-36(6)17-16-32(47-25(3)45)35(4,5)30(36)15-18-38(31,37)8/h9-11,22,28-33H,1,12-21,23H2,2-8H3,(H,44,46)/t28-,29?,30?,31?,32-,33?,36-,37+,38+,39-/m0/s1. The second-order valence-corrected chi connectivity index (χ2v) is 17.7. The number of ether oxygens (including phenoxy) is 2. The average molecular weight is 672 g/mol. The SMILES string of the molecule is C=C(C)[C@@H]1CC[C@]2(C(=O)NCc3cccc(OC(F)(F)F)c3)CC[C@]3(C)C(CCC4[C@@]5(C)CC[C@H](OC(C)=O)C(C)(C)C5CC[C@]43C)C12. The van der Waals surface area contributed by atoms with Gasteiger partial charge in [0.25, 0.3) is 0 Å². The number of amides is 1. The van der Waals surface area contributed by atoms with E-state index in [1.807, 2.05) is 0 Å². The fourth-order valence-electron chi connectivity index (χ4n) is 13.1. The molecular formula is C40H56F3NO4. The average Bonchev–Trinajstić information content (AvgIpc) is 3.38. The third-order valence-electron chi connectivity index (χ3n) is 15.4. The monoisotopic (exact) mass is 671 g/mol. The minimum atomic E-state index is -4.77. The van der Waals surface area contributed by atoms with Crippen LogP contribution in [-0.4, -0.2) is 24.3 Å². The Labute approximate surface area is 285 Å². The van der Waals surface area contributed by atoms with Crippen molar-refractivity contribution in [3.05, 3.63) is 42.0 Å². The minimum absolute atomic E-state index is 0.0360. The number of rotatable bonds is 6. The van der Waals surface area contributed by atoms with E-state index < -0.39 is 11.8 Å². The molecule has 1 aromatic rings. The zero-order chi connectivity index (χ0) is 35.1. The van der Waals surface area contributed by atoms with Crippen LogP contribution in [0.15, 0.2) is 36.4 Å². The molecule has 0 radical (unpaired) electrons. The maximum absolute atomic E-state index is 14.4. The molecule has 0 aromatic heterocycles. The van der Waals surface area contributed by atoms with Gasteiger partial charge in [-0.05, 0) is 135 Å². The van der Waals surface area contributed by atoms with Crippen molar-refractivity contribution in [2.75, 3.05) is 0 Å². The van der Waals surface area contributed by atoms with Crippen molar-refractivity contribution < 1.29 is 32.2 Å². The van der Waals surface area contributed by atoms with E-state index in [9.17, 15) is 22.8 Å². The molecule has 1 aromatic carbocycles. The van der Waals surface area contributed by atoms with Gasteiger partial charge >= 0.3 is 12.3 Å². The summed E-state index contributed by atoms with van der Waals surface area (Å²) in [6, 6.07) is 5.89. The van der Waals surface area contributed by atoms with Gasteiger partial charge in [-0.1, -0.05) is 58.9 Å². The number of carbonyl (C=O) groups excluding carboxylic acids is 2. The van der Waals surface area contributed by atoms with E-state index in [-0.39, 0.29) is 63.8 Å². The topological polar surface area (TPSA) is 64.6 Å². The molecule has 0 spiro atoms. The summed E-state index contributed by atoms with van der Waals surface area (Å²) < 4.78 is 48.6. The molecule has 0 aliphatic heterocycles. The highest BCUT2D eigenvalue weighted by Crippen LogP contribution is 2.77. The van der Waals surface area contributed by atoms with Crippen molar-refractivity contribution in [2.24, 2.45) is 56.7 Å². The molecule has 0 bridgehead atoms. The molecule has 5 fully saturated rings. The number of nitrogens with one attached hydrogen (secondary N) is 1. The van der Waals surface area contributed by atoms with Gasteiger partial charge in [0.05, 0.1) is 5.41 Å². The van der Waals surface area contributed by atoms with Crippen molar-refractivity contribution in [2.45, 2.75) is 132 Å². The number of esters is 1. The zero-order valence-corrected chi connectivity index (χ0v) is 30.0. The maximum atomic E-state index is 14.4. The maximum Gasteiger partial charge on any atom is 0.573 e. The van der Waals surface area contributed by atoms with Gasteiger partial charge in [-0.25, -0.2) is 0 Å². The van der Waals surface area contributed by atoms with Crippen LogP contribution in [0.2, 0.25) is 0 Å². The highest BCUT2D eigenvalue weighted by molar-refractivity contribution is 5.84. The van der Waals surface area contributed by atoms with Crippen LogP contribution in [0.3, 0.4) is 0 Å². The van der Waals surface area contributed by atoms with Gasteiger partial charge in [0.15, 0.2) is 0 Å². The van der Waals surface area contributed by atoms with Crippen molar-refractivity contribution in [3.63, 3.8) is 0 Å². The quantitative estimate of drug-likeness (QED) is 0.242. The number of carbonyl (C=O) groups is 2. The molecule has 0 heterocycles. The lowest BCUT2D eigenvalue weighted by atomic mass is 9.32. The number of hydrogen-bond donors (Lipinski definition) is 1. The second kappa shape index (κ2) is 11.8. The lowest BCUT2D eigenvalue weighted by molar-refractivity contribution is -0.274. The molecular weight excluding hydrogens is 615 g/mol. The van der Waals surface area contributed by atoms with Crippen LogP contribution >= 0.6 is 0 Å². The van der Waals surface area contributed by atoms with Gasteiger partial charge in [0.2, 0.25) is 5.91 Å². The number of benzene rings is 1. The van der Waals surface area contributed by atoms with Crippen LogP contribution in [0.1, 0.15) is 118 Å². The number of allylic oxidation sites excluding steroid dienone is 1. The Bertz CT molecular complexity index is 1460. The van der Waals surface area contributed by atoms with Gasteiger partial charge in [-0.15, -0.1) is 13.2 Å². The Balaban J connectivity index is 1.27. The fraction of sp³-hybridized carbons (Fsp3) is 0.750. The van der Waals surface area contributed by atoms with E-state index >= 15 is 0 Å². The van der Waals surface area contributed by atoms with Crippen molar-refractivity contribution in [3.8, 4) is 5.75 Å². The minimum Gasteiger partial charge on any atom is -0.462 e. The number of fused-ring (bicyclic) bond motifs is 7. The van der Waals surface area contributed by atoms with Crippen LogP contribution in [0.4, 0.5) is 13.2 Å². The first-order valence-electron chi connectivity index (χ1n) is 18.2. The Morgan fingerprint density at radius 2 is 1.62 bits per heavy atom. The van der Waals surface area contributed by atoms with Gasteiger partial charge in [-0.3, -0.25) is 9.59 Å². The smallest absolute Gasteiger partial charge is 0.462 e. The summed E-state index contributed by atoms with van der Waals surface area (Å²) in [6.45, 7) is 20.6. The zero-order valence-electron chi connectivity index (χ0n) is 30.0. The van der Waals surface area contributed by atoms with Gasteiger partial charge in [-0.2, -0.15) is 0 Å². The molecule has 1 amide bonds. The number of hydrogen-bond acceptors (Lipinski definition) is 4. The molecule has 48 heavy (non-hydrogen) atoms. The Hall–Kier alpha value is -2.51. The van der Waals surface area contributed by atoms with Gasteiger partial charge in [0.1, 0.15) is 11.9 Å². The predicted molar refractivity (Wildman–Crippen MR) is 179 cm³/mol. The van der Waals surface area contributed by atoms with E-state index in [1.165, 1.54) is 25.1 Å². The fourth-order valence-corrected chi connectivity index (χ4v) is 13.1. The normalized spacial score (nSPS) is 41.5. The summed E-state index contributed by atoms with van der Waals surface area (Å²) in [5.74, 6) is 1.45. The van der Waals surface area contributed by atoms with Crippen LogP contribution in [0.25, 0.3) is 0 Å². The molecule has 266 valence electrons. The van der Waals surface area contributed by atoms with E-state index in [0.717, 1.165) is 69.8 Å². The van der Waals surface area contributed by atoms with Crippen LogP contribution in [0.5, 0.6) is 5.75 Å².